The third-order valence-electron chi connectivity index (χ3n) is 2.95. The standard InChI is InChI=1S/C11H11N3O3/c15-11(16)8-3-7-9(4-12-8)13-6-14-1-2-17-5-10(7)14/h3-4H,1-2,5-6H2,(H,15,16). The van der Waals surface area contributed by atoms with Crippen LogP contribution < -0.4 is 10.6 Å². The average molecular weight is 233 g/mol. The molecule has 0 aromatic carbocycles. The highest BCUT2D eigenvalue weighted by Gasteiger charge is 2.19. The van der Waals surface area contributed by atoms with E-state index in [1.165, 1.54) is 6.20 Å². The van der Waals surface area contributed by atoms with E-state index in [0.29, 0.717) is 19.9 Å². The molecule has 0 bridgehead atoms. The Morgan fingerprint density at radius 2 is 2.41 bits per heavy atom. The van der Waals surface area contributed by atoms with E-state index in [2.05, 4.69) is 14.9 Å². The third-order valence-corrected chi connectivity index (χ3v) is 2.95. The number of carboxylic acids is 1. The number of carboxylic acid groups (broad SMARTS) is 1. The Morgan fingerprint density at radius 3 is 3.24 bits per heavy atom. The molecule has 1 saturated heterocycles. The lowest BCUT2D eigenvalue weighted by Gasteiger charge is -2.32. The lowest BCUT2D eigenvalue weighted by atomic mass is 10.2. The van der Waals surface area contributed by atoms with E-state index >= 15 is 0 Å². The maximum atomic E-state index is 10.9. The number of ether oxygens (including phenoxy) is 1. The minimum Gasteiger partial charge on any atom is -0.477 e. The highest BCUT2D eigenvalue weighted by Crippen LogP contribution is 2.11. The van der Waals surface area contributed by atoms with Crippen molar-refractivity contribution in [2.75, 3.05) is 26.4 Å². The van der Waals surface area contributed by atoms with Crippen molar-refractivity contribution >= 4 is 11.7 Å². The Labute approximate surface area is 96.9 Å². The molecule has 0 saturated carbocycles. The summed E-state index contributed by atoms with van der Waals surface area (Å²) in [6.45, 7) is 2.58. The van der Waals surface area contributed by atoms with Gasteiger partial charge in [-0.2, -0.15) is 0 Å². The van der Waals surface area contributed by atoms with Gasteiger partial charge in [0.2, 0.25) is 0 Å². The van der Waals surface area contributed by atoms with Crippen LogP contribution in [0.5, 0.6) is 0 Å². The Morgan fingerprint density at radius 1 is 1.53 bits per heavy atom. The summed E-state index contributed by atoms with van der Waals surface area (Å²) >= 11 is 0. The molecule has 1 aromatic heterocycles. The van der Waals surface area contributed by atoms with Gasteiger partial charge in [-0.1, -0.05) is 0 Å². The van der Waals surface area contributed by atoms with Gasteiger partial charge in [0.15, 0.2) is 0 Å². The van der Waals surface area contributed by atoms with Crippen LogP contribution in [0, 0.1) is 0 Å². The van der Waals surface area contributed by atoms with Crippen LogP contribution in [-0.4, -0.2) is 47.4 Å². The van der Waals surface area contributed by atoms with Crippen molar-refractivity contribution in [1.29, 1.82) is 0 Å². The van der Waals surface area contributed by atoms with E-state index in [1.807, 2.05) is 0 Å². The monoisotopic (exact) mass is 233 g/mol. The maximum Gasteiger partial charge on any atom is 0.354 e. The van der Waals surface area contributed by atoms with Crippen LogP contribution in [0.4, 0.5) is 0 Å². The second-order valence-electron chi connectivity index (χ2n) is 3.95. The fourth-order valence-electron chi connectivity index (χ4n) is 2.06. The molecule has 0 radical (unpaired) electrons. The van der Waals surface area contributed by atoms with Crippen molar-refractivity contribution in [3.63, 3.8) is 0 Å². The molecule has 17 heavy (non-hydrogen) atoms. The topological polar surface area (TPSA) is 75.0 Å². The number of carbonyl (C=O) groups is 1. The summed E-state index contributed by atoms with van der Waals surface area (Å²) in [6, 6.07) is 1.57. The van der Waals surface area contributed by atoms with E-state index in [9.17, 15) is 4.79 Å². The molecule has 0 spiro atoms. The molecule has 0 unspecified atom stereocenters. The first kappa shape index (κ1) is 10.2. The Hall–Kier alpha value is -1.95. The van der Waals surface area contributed by atoms with Gasteiger partial charge >= 0.3 is 5.97 Å². The molecule has 0 atom stereocenters. The highest BCUT2D eigenvalue weighted by atomic mass is 16.5. The van der Waals surface area contributed by atoms with Crippen molar-refractivity contribution in [3.8, 4) is 0 Å². The number of rotatable bonds is 1. The van der Waals surface area contributed by atoms with Gasteiger partial charge in [-0.3, -0.25) is 4.99 Å². The van der Waals surface area contributed by atoms with Crippen LogP contribution in [0.1, 0.15) is 10.5 Å². The van der Waals surface area contributed by atoms with Gasteiger partial charge < -0.3 is 14.7 Å². The van der Waals surface area contributed by atoms with Crippen molar-refractivity contribution in [1.82, 2.24) is 9.88 Å². The molecular formula is C11H11N3O3. The summed E-state index contributed by atoms with van der Waals surface area (Å²) in [7, 11) is 0. The molecule has 1 N–H and O–H groups in total. The molecule has 2 aliphatic rings. The minimum atomic E-state index is -1.03. The number of pyridine rings is 1. The Bertz CT molecular complexity index is 596. The molecular weight excluding hydrogens is 222 g/mol. The van der Waals surface area contributed by atoms with Crippen molar-refractivity contribution < 1.29 is 14.6 Å². The fraction of sp³-hybridized carbons (Fsp3) is 0.364. The predicted molar refractivity (Wildman–Crippen MR) is 57.8 cm³/mol. The summed E-state index contributed by atoms with van der Waals surface area (Å²) in [5.41, 5.74) is 1.05. The first-order valence-corrected chi connectivity index (χ1v) is 5.35. The van der Waals surface area contributed by atoms with Crippen LogP contribution in [0.15, 0.2) is 17.3 Å². The predicted octanol–water partition coefficient (Wildman–Crippen LogP) is -1.19. The largest absolute Gasteiger partial charge is 0.477 e. The Kier molecular flexibility index (Phi) is 2.29. The molecule has 6 heteroatoms. The van der Waals surface area contributed by atoms with Gasteiger partial charge in [0.05, 0.1) is 30.5 Å². The summed E-state index contributed by atoms with van der Waals surface area (Å²) in [4.78, 5) is 21.2. The number of aromatic nitrogens is 1. The van der Waals surface area contributed by atoms with Gasteiger partial charge in [-0.05, 0) is 6.07 Å². The van der Waals surface area contributed by atoms with Gasteiger partial charge in [0, 0.05) is 11.8 Å². The molecule has 0 amide bonds. The second kappa shape index (κ2) is 3.81. The van der Waals surface area contributed by atoms with E-state index in [1.54, 1.807) is 6.07 Å². The van der Waals surface area contributed by atoms with E-state index in [0.717, 1.165) is 22.8 Å². The number of fused-ring (bicyclic) bond motifs is 2. The average Bonchev–Trinajstić information content (AvgIpc) is 2.38. The molecule has 3 heterocycles. The van der Waals surface area contributed by atoms with Gasteiger partial charge in [0.1, 0.15) is 12.4 Å². The second-order valence-corrected chi connectivity index (χ2v) is 3.95. The van der Waals surface area contributed by atoms with Crippen LogP contribution >= 0.6 is 0 Å². The molecule has 0 aliphatic carbocycles. The first-order chi connectivity index (χ1) is 8.25. The van der Waals surface area contributed by atoms with E-state index < -0.39 is 5.97 Å². The molecule has 2 aliphatic heterocycles. The number of morpholine rings is 1. The lowest BCUT2D eigenvalue weighted by molar-refractivity contribution is 0.0690. The minimum absolute atomic E-state index is 0.0406. The summed E-state index contributed by atoms with van der Waals surface area (Å²) in [5.74, 6) is -1.03. The smallest absolute Gasteiger partial charge is 0.354 e. The summed E-state index contributed by atoms with van der Waals surface area (Å²) in [5, 5.41) is 10.5. The quantitative estimate of drug-likeness (QED) is 0.660. The third kappa shape index (κ3) is 1.66. The SMILES string of the molecule is O=C(O)c1cc2c(cn1)=NCN1CCOCC=21. The van der Waals surface area contributed by atoms with Crippen molar-refractivity contribution in [3.05, 3.63) is 28.5 Å². The number of aromatic carboxylic acids is 1. The highest BCUT2D eigenvalue weighted by molar-refractivity contribution is 5.85. The van der Waals surface area contributed by atoms with Gasteiger partial charge in [0.25, 0.3) is 0 Å². The zero-order valence-electron chi connectivity index (χ0n) is 9.09. The fourth-order valence-corrected chi connectivity index (χ4v) is 2.06. The number of hydrogen-bond acceptors (Lipinski definition) is 5. The zero-order chi connectivity index (χ0) is 11.8. The van der Waals surface area contributed by atoms with Crippen LogP contribution in [0.2, 0.25) is 0 Å². The zero-order valence-corrected chi connectivity index (χ0v) is 9.09. The lowest BCUT2D eigenvalue weighted by Crippen LogP contribution is -2.46. The molecule has 3 rings (SSSR count). The van der Waals surface area contributed by atoms with Gasteiger partial charge in [-0.25, -0.2) is 9.78 Å². The summed E-state index contributed by atoms with van der Waals surface area (Å²) in [6.07, 6.45) is 1.51. The summed E-state index contributed by atoms with van der Waals surface area (Å²) < 4.78 is 5.41. The number of nitrogens with zero attached hydrogens (tertiary/aromatic N) is 3. The maximum absolute atomic E-state index is 10.9. The van der Waals surface area contributed by atoms with Crippen LogP contribution in [-0.2, 0) is 4.74 Å². The van der Waals surface area contributed by atoms with Crippen molar-refractivity contribution in [2.45, 2.75) is 0 Å². The van der Waals surface area contributed by atoms with E-state index in [-0.39, 0.29) is 5.69 Å². The first-order valence-electron chi connectivity index (χ1n) is 5.35. The molecule has 88 valence electrons. The van der Waals surface area contributed by atoms with E-state index in [4.69, 9.17) is 9.84 Å². The Balaban J connectivity index is 2.25. The van der Waals surface area contributed by atoms with Crippen molar-refractivity contribution in [2.24, 2.45) is 4.99 Å². The normalized spacial score (nSPS) is 18.1. The molecule has 1 fully saturated rings. The van der Waals surface area contributed by atoms with Gasteiger partial charge in [-0.15, -0.1) is 0 Å². The number of hydrogen-bond donors (Lipinski definition) is 1. The van der Waals surface area contributed by atoms with Crippen LogP contribution in [0.25, 0.3) is 5.70 Å². The molecule has 1 aromatic rings. The molecule has 6 nitrogen and oxygen atoms in total. The van der Waals surface area contributed by atoms with Crippen LogP contribution in [0.3, 0.4) is 0 Å².